The number of benzene rings is 2. The molecule has 1 aromatic heterocycles. The molecule has 0 spiro atoms. The van der Waals surface area contributed by atoms with Crippen LogP contribution in [0.15, 0.2) is 36.4 Å². The second kappa shape index (κ2) is 8.88. The van der Waals surface area contributed by atoms with Gasteiger partial charge in [0.25, 0.3) is 0 Å². The number of aromatic nitrogens is 2. The lowest BCUT2D eigenvalue weighted by molar-refractivity contribution is -0.134. The highest BCUT2D eigenvalue weighted by molar-refractivity contribution is 5.85. The number of piperidine rings is 1. The Morgan fingerprint density at radius 3 is 2.42 bits per heavy atom. The maximum atomic E-state index is 13.3. The number of hydrogen-bond acceptors (Lipinski definition) is 5. The average Bonchev–Trinajstić information content (AvgIpc) is 3.16. The molecule has 1 fully saturated rings. The molecule has 0 radical (unpaired) electrons. The first-order valence-corrected chi connectivity index (χ1v) is 10.6. The number of imidazole rings is 1. The Morgan fingerprint density at radius 2 is 1.77 bits per heavy atom. The molecule has 1 aliphatic heterocycles. The van der Waals surface area contributed by atoms with Gasteiger partial charge >= 0.3 is 0 Å². The fraction of sp³-hybridized carbons (Fsp3) is 0.417. The zero-order chi connectivity index (χ0) is 22.0. The highest BCUT2D eigenvalue weighted by Crippen LogP contribution is 2.41. The van der Waals surface area contributed by atoms with Crippen molar-refractivity contribution < 1.29 is 19.0 Å². The molecule has 1 unspecified atom stereocenters. The Labute approximate surface area is 182 Å². The number of hydrogen-bond donors (Lipinski definition) is 0. The smallest absolute Gasteiger partial charge is 0.242 e. The van der Waals surface area contributed by atoms with Gasteiger partial charge < -0.3 is 23.7 Å². The van der Waals surface area contributed by atoms with Gasteiger partial charge in [0, 0.05) is 18.2 Å². The fourth-order valence-corrected chi connectivity index (χ4v) is 4.36. The zero-order valence-electron chi connectivity index (χ0n) is 18.6. The predicted octanol–water partition coefficient (Wildman–Crippen LogP) is 4.13. The van der Waals surface area contributed by atoms with E-state index in [0.29, 0.717) is 23.1 Å². The highest BCUT2D eigenvalue weighted by Gasteiger charge is 2.25. The molecule has 0 saturated carbocycles. The number of carbonyl (C=O) groups is 1. The molecular weight excluding hydrogens is 394 g/mol. The monoisotopic (exact) mass is 423 g/mol. The standard InChI is InChI=1S/C24H29N3O4/c1-16-9-7-8-12-26(16)22(28)15-27-19-11-6-5-10-18(19)25-24(27)17-13-20(29-2)23(31-4)21(14-17)30-3/h5-6,10-11,13-14,16H,7-9,12,15H2,1-4H3. The molecular formula is C24H29N3O4. The van der Waals surface area contributed by atoms with Crippen LogP contribution in [0.2, 0.25) is 0 Å². The highest BCUT2D eigenvalue weighted by atomic mass is 16.5. The van der Waals surface area contributed by atoms with E-state index in [9.17, 15) is 4.79 Å². The Morgan fingerprint density at radius 1 is 1.06 bits per heavy atom. The molecule has 2 heterocycles. The second-order valence-electron chi connectivity index (χ2n) is 7.86. The molecule has 0 bridgehead atoms. The van der Waals surface area contributed by atoms with Crippen molar-refractivity contribution in [3.63, 3.8) is 0 Å². The van der Waals surface area contributed by atoms with Crippen LogP contribution in [0.3, 0.4) is 0 Å². The van der Waals surface area contributed by atoms with Crippen molar-refractivity contribution in [2.45, 2.75) is 38.8 Å². The van der Waals surface area contributed by atoms with E-state index in [-0.39, 0.29) is 18.5 Å². The van der Waals surface area contributed by atoms with Gasteiger partial charge in [0.05, 0.1) is 32.4 Å². The third-order valence-electron chi connectivity index (χ3n) is 5.99. The van der Waals surface area contributed by atoms with Gasteiger partial charge in [-0.2, -0.15) is 0 Å². The third kappa shape index (κ3) is 3.92. The number of rotatable bonds is 6. The minimum absolute atomic E-state index is 0.115. The Kier molecular flexibility index (Phi) is 6.02. The van der Waals surface area contributed by atoms with Crippen molar-refractivity contribution in [3.8, 4) is 28.6 Å². The van der Waals surface area contributed by atoms with Crippen LogP contribution in [0.4, 0.5) is 0 Å². The van der Waals surface area contributed by atoms with Crippen molar-refractivity contribution in [2.24, 2.45) is 0 Å². The summed E-state index contributed by atoms with van der Waals surface area (Å²) in [4.78, 5) is 20.1. The molecule has 4 rings (SSSR count). The van der Waals surface area contributed by atoms with Gasteiger partial charge in [-0.05, 0) is 50.5 Å². The largest absolute Gasteiger partial charge is 0.493 e. The van der Waals surface area contributed by atoms with Crippen LogP contribution >= 0.6 is 0 Å². The van der Waals surface area contributed by atoms with E-state index in [0.717, 1.165) is 36.0 Å². The van der Waals surface area contributed by atoms with E-state index in [1.807, 2.05) is 45.9 Å². The number of carbonyl (C=O) groups excluding carboxylic acids is 1. The van der Waals surface area contributed by atoms with Gasteiger partial charge in [-0.15, -0.1) is 0 Å². The van der Waals surface area contributed by atoms with Crippen LogP contribution in [-0.2, 0) is 11.3 Å². The topological polar surface area (TPSA) is 65.8 Å². The number of amides is 1. The summed E-state index contributed by atoms with van der Waals surface area (Å²) < 4.78 is 18.5. The molecule has 1 aliphatic rings. The molecule has 0 aliphatic carbocycles. The van der Waals surface area contributed by atoms with Gasteiger partial charge in [0.2, 0.25) is 11.7 Å². The molecule has 0 N–H and O–H groups in total. The zero-order valence-corrected chi connectivity index (χ0v) is 18.6. The van der Waals surface area contributed by atoms with Gasteiger partial charge in [-0.3, -0.25) is 4.79 Å². The van der Waals surface area contributed by atoms with Gasteiger partial charge in [0.1, 0.15) is 12.4 Å². The lowest BCUT2D eigenvalue weighted by Gasteiger charge is -2.33. The maximum Gasteiger partial charge on any atom is 0.242 e. The number of methoxy groups -OCH3 is 3. The predicted molar refractivity (Wildman–Crippen MR) is 120 cm³/mol. The molecule has 1 saturated heterocycles. The maximum absolute atomic E-state index is 13.3. The van der Waals surface area contributed by atoms with Crippen molar-refractivity contribution in [2.75, 3.05) is 27.9 Å². The van der Waals surface area contributed by atoms with Gasteiger partial charge in [0.15, 0.2) is 11.5 Å². The van der Waals surface area contributed by atoms with E-state index in [4.69, 9.17) is 19.2 Å². The van der Waals surface area contributed by atoms with Crippen molar-refractivity contribution in [3.05, 3.63) is 36.4 Å². The molecule has 31 heavy (non-hydrogen) atoms. The van der Waals surface area contributed by atoms with Crippen LogP contribution in [-0.4, -0.2) is 54.3 Å². The number of ether oxygens (including phenoxy) is 3. The van der Waals surface area contributed by atoms with Gasteiger partial charge in [-0.1, -0.05) is 12.1 Å². The number of nitrogens with zero attached hydrogens (tertiary/aromatic N) is 3. The lowest BCUT2D eigenvalue weighted by Crippen LogP contribution is -2.43. The molecule has 2 aromatic carbocycles. The first-order valence-electron chi connectivity index (χ1n) is 10.6. The van der Waals surface area contributed by atoms with E-state index in [2.05, 4.69) is 6.92 Å². The Bertz CT molecular complexity index is 1070. The van der Waals surface area contributed by atoms with E-state index in [1.165, 1.54) is 6.42 Å². The first kappa shape index (κ1) is 21.0. The minimum atomic E-state index is 0.115. The summed E-state index contributed by atoms with van der Waals surface area (Å²) in [6, 6.07) is 11.9. The van der Waals surface area contributed by atoms with Crippen molar-refractivity contribution in [1.29, 1.82) is 0 Å². The third-order valence-corrected chi connectivity index (χ3v) is 5.99. The van der Waals surface area contributed by atoms with Crippen LogP contribution in [0.25, 0.3) is 22.4 Å². The summed E-state index contributed by atoms with van der Waals surface area (Å²) in [5, 5.41) is 0. The quantitative estimate of drug-likeness (QED) is 0.596. The van der Waals surface area contributed by atoms with E-state index < -0.39 is 0 Å². The normalized spacial score (nSPS) is 16.4. The summed E-state index contributed by atoms with van der Waals surface area (Å²) in [5.74, 6) is 2.43. The SMILES string of the molecule is COc1cc(-c2nc3ccccc3n2CC(=O)N2CCCCC2C)cc(OC)c1OC. The molecule has 164 valence electrons. The van der Waals surface area contributed by atoms with Crippen LogP contribution in [0, 0.1) is 0 Å². The summed E-state index contributed by atoms with van der Waals surface area (Å²) in [7, 11) is 4.75. The molecule has 1 amide bonds. The Hall–Kier alpha value is -3.22. The van der Waals surface area contributed by atoms with Crippen LogP contribution in [0.5, 0.6) is 17.2 Å². The van der Waals surface area contributed by atoms with Crippen molar-refractivity contribution >= 4 is 16.9 Å². The molecule has 7 heteroatoms. The first-order chi connectivity index (χ1) is 15.1. The van der Waals surface area contributed by atoms with E-state index in [1.54, 1.807) is 21.3 Å². The van der Waals surface area contributed by atoms with E-state index >= 15 is 0 Å². The second-order valence-corrected chi connectivity index (χ2v) is 7.86. The number of fused-ring (bicyclic) bond motifs is 1. The van der Waals surface area contributed by atoms with Crippen LogP contribution in [0.1, 0.15) is 26.2 Å². The summed E-state index contributed by atoms with van der Waals surface area (Å²) in [6.45, 7) is 3.17. The molecule has 7 nitrogen and oxygen atoms in total. The average molecular weight is 424 g/mol. The summed E-state index contributed by atoms with van der Waals surface area (Å²) >= 11 is 0. The van der Waals surface area contributed by atoms with Crippen molar-refractivity contribution in [1.82, 2.24) is 14.5 Å². The van der Waals surface area contributed by atoms with Gasteiger partial charge in [-0.25, -0.2) is 4.98 Å². The summed E-state index contributed by atoms with van der Waals surface area (Å²) in [6.07, 6.45) is 3.28. The number of para-hydroxylation sites is 2. The summed E-state index contributed by atoms with van der Waals surface area (Å²) in [5.41, 5.74) is 2.56. The van der Waals surface area contributed by atoms with Crippen LogP contribution < -0.4 is 14.2 Å². The fourth-order valence-electron chi connectivity index (χ4n) is 4.36. The molecule has 1 atom stereocenters. The minimum Gasteiger partial charge on any atom is -0.493 e. The Balaban J connectivity index is 1.81. The number of likely N-dealkylation sites (tertiary alicyclic amines) is 1. The lowest BCUT2D eigenvalue weighted by atomic mass is 10.0. The molecule has 3 aromatic rings.